The van der Waals surface area contributed by atoms with Crippen molar-refractivity contribution in [3.63, 3.8) is 0 Å². The Bertz CT molecular complexity index is 277. The van der Waals surface area contributed by atoms with Gasteiger partial charge >= 0.3 is 5.97 Å². The van der Waals surface area contributed by atoms with Crippen molar-refractivity contribution >= 4 is 5.97 Å². The molecule has 0 aromatic rings. The van der Waals surface area contributed by atoms with Gasteiger partial charge in [0.25, 0.3) is 0 Å². The van der Waals surface area contributed by atoms with Crippen LogP contribution in [0.2, 0.25) is 0 Å². The van der Waals surface area contributed by atoms with Gasteiger partial charge in [-0.3, -0.25) is 4.79 Å². The van der Waals surface area contributed by atoms with E-state index in [1.165, 1.54) is 19.3 Å². The van der Waals surface area contributed by atoms with Gasteiger partial charge in [0, 0.05) is 6.42 Å². The number of carboxylic acids is 1. The van der Waals surface area contributed by atoms with Crippen LogP contribution in [0.25, 0.3) is 0 Å². The van der Waals surface area contributed by atoms with Gasteiger partial charge in [-0.05, 0) is 18.8 Å². The Morgan fingerprint density at radius 2 is 1.89 bits per heavy atom. The summed E-state index contributed by atoms with van der Waals surface area (Å²) in [6.45, 7) is 5.62. The molecule has 1 unspecified atom stereocenters. The Hall–Kier alpha value is -1.31. The first-order valence-corrected chi connectivity index (χ1v) is 6.82. The highest BCUT2D eigenvalue weighted by Gasteiger charge is 2.06. The molecular weight excluding hydrogens is 224 g/mol. The first-order valence-electron chi connectivity index (χ1n) is 6.82. The van der Waals surface area contributed by atoms with Gasteiger partial charge < -0.3 is 5.11 Å². The number of rotatable bonds is 11. The van der Waals surface area contributed by atoms with E-state index < -0.39 is 5.97 Å². The van der Waals surface area contributed by atoms with Crippen molar-refractivity contribution in [1.29, 1.82) is 0 Å². The molecule has 102 valence electrons. The number of hydrogen-bond donors (Lipinski definition) is 1. The second-order valence-corrected chi connectivity index (χ2v) is 4.74. The summed E-state index contributed by atoms with van der Waals surface area (Å²) >= 11 is 0. The summed E-state index contributed by atoms with van der Waals surface area (Å²) in [5.74, 6) is -0.369. The minimum Gasteiger partial charge on any atom is -0.481 e. The van der Waals surface area contributed by atoms with Crippen LogP contribution in [-0.2, 0) is 4.79 Å². The average Bonchev–Trinajstić information content (AvgIpc) is 2.30. The summed E-state index contributed by atoms with van der Waals surface area (Å²) in [7, 11) is 0. The fraction of sp³-hybridized carbons (Fsp3) is 0.562. The number of carboxylic acid groups (broad SMARTS) is 1. The van der Waals surface area contributed by atoms with Crippen LogP contribution in [-0.4, -0.2) is 11.1 Å². The van der Waals surface area contributed by atoms with Gasteiger partial charge in [0.2, 0.25) is 0 Å². The van der Waals surface area contributed by atoms with Crippen molar-refractivity contribution < 1.29 is 9.90 Å². The molecule has 0 heterocycles. The van der Waals surface area contributed by atoms with Crippen LogP contribution in [0.5, 0.6) is 0 Å². The molecule has 0 aliphatic carbocycles. The Labute approximate surface area is 111 Å². The zero-order chi connectivity index (χ0) is 13.6. The maximum atomic E-state index is 10.5. The third-order valence-electron chi connectivity index (χ3n) is 2.84. The van der Waals surface area contributed by atoms with Gasteiger partial charge in [-0.1, -0.05) is 69.6 Å². The van der Waals surface area contributed by atoms with Crippen LogP contribution in [0.1, 0.15) is 51.9 Å². The van der Waals surface area contributed by atoms with Crippen LogP contribution in [0, 0.1) is 5.92 Å². The largest absolute Gasteiger partial charge is 0.481 e. The van der Waals surface area contributed by atoms with E-state index in [0.717, 1.165) is 19.3 Å². The lowest BCUT2D eigenvalue weighted by Crippen LogP contribution is -2.03. The number of unbranched alkanes of at least 4 members (excludes halogenated alkanes) is 4. The van der Waals surface area contributed by atoms with Gasteiger partial charge in [-0.15, -0.1) is 0 Å². The second kappa shape index (κ2) is 12.2. The summed E-state index contributed by atoms with van der Waals surface area (Å²) < 4.78 is 0. The van der Waals surface area contributed by atoms with E-state index in [-0.39, 0.29) is 0 Å². The van der Waals surface area contributed by atoms with Crippen molar-refractivity contribution in [3.05, 3.63) is 37.0 Å². The topological polar surface area (TPSA) is 37.3 Å². The summed E-state index contributed by atoms with van der Waals surface area (Å²) in [5.41, 5.74) is 0. The molecule has 2 heteroatoms. The highest BCUT2D eigenvalue weighted by Crippen LogP contribution is 2.14. The second-order valence-electron chi connectivity index (χ2n) is 4.74. The Morgan fingerprint density at radius 3 is 2.56 bits per heavy atom. The predicted molar refractivity (Wildman–Crippen MR) is 77.6 cm³/mol. The third kappa shape index (κ3) is 12.8. The smallest absolute Gasteiger partial charge is 0.303 e. The van der Waals surface area contributed by atoms with Crippen molar-refractivity contribution in [2.45, 2.75) is 51.9 Å². The molecule has 0 amide bonds. The average molecular weight is 250 g/mol. The summed E-state index contributed by atoms with van der Waals surface area (Å²) in [6.07, 6.45) is 17.2. The van der Waals surface area contributed by atoms with Gasteiger partial charge in [0.15, 0.2) is 0 Å². The zero-order valence-corrected chi connectivity index (χ0v) is 11.5. The number of allylic oxidation sites excluding steroid dienone is 5. The lowest BCUT2D eigenvalue weighted by atomic mass is 9.99. The van der Waals surface area contributed by atoms with Crippen LogP contribution in [0.4, 0.5) is 0 Å². The SMILES string of the molecule is C=CC=CC=CCCCCCCC(C)CC(=O)O. The van der Waals surface area contributed by atoms with Crippen molar-refractivity contribution in [3.8, 4) is 0 Å². The molecule has 0 aliphatic heterocycles. The van der Waals surface area contributed by atoms with E-state index in [1.54, 1.807) is 6.08 Å². The van der Waals surface area contributed by atoms with Crippen LogP contribution < -0.4 is 0 Å². The Morgan fingerprint density at radius 1 is 1.17 bits per heavy atom. The quantitative estimate of drug-likeness (QED) is 0.425. The van der Waals surface area contributed by atoms with Gasteiger partial charge in [-0.25, -0.2) is 0 Å². The van der Waals surface area contributed by atoms with E-state index in [1.807, 2.05) is 19.1 Å². The molecule has 0 fully saturated rings. The maximum absolute atomic E-state index is 10.5. The molecule has 0 radical (unpaired) electrons. The van der Waals surface area contributed by atoms with E-state index in [2.05, 4.69) is 18.7 Å². The molecule has 0 aromatic heterocycles. The molecule has 2 nitrogen and oxygen atoms in total. The fourth-order valence-electron chi connectivity index (χ4n) is 1.83. The fourth-order valence-corrected chi connectivity index (χ4v) is 1.83. The first kappa shape index (κ1) is 16.7. The number of aliphatic carboxylic acids is 1. The highest BCUT2D eigenvalue weighted by atomic mass is 16.4. The summed E-state index contributed by atoms with van der Waals surface area (Å²) in [6, 6.07) is 0. The van der Waals surface area contributed by atoms with Crippen molar-refractivity contribution in [2.24, 2.45) is 5.92 Å². The van der Waals surface area contributed by atoms with E-state index in [0.29, 0.717) is 12.3 Å². The van der Waals surface area contributed by atoms with Crippen molar-refractivity contribution in [1.82, 2.24) is 0 Å². The normalized spacial score (nSPS) is 13.2. The minimum absolute atomic E-state index is 0.304. The molecule has 18 heavy (non-hydrogen) atoms. The van der Waals surface area contributed by atoms with Gasteiger partial charge in [0.1, 0.15) is 0 Å². The van der Waals surface area contributed by atoms with Crippen LogP contribution in [0.3, 0.4) is 0 Å². The van der Waals surface area contributed by atoms with Crippen LogP contribution >= 0.6 is 0 Å². The highest BCUT2D eigenvalue weighted by molar-refractivity contribution is 5.66. The van der Waals surface area contributed by atoms with E-state index in [9.17, 15) is 4.79 Å². The van der Waals surface area contributed by atoms with Gasteiger partial charge in [-0.2, -0.15) is 0 Å². The third-order valence-corrected chi connectivity index (χ3v) is 2.84. The molecule has 0 saturated heterocycles. The standard InChI is InChI=1S/C16H26O2/c1-3-4-5-6-7-8-9-10-11-12-13-15(2)14-16(17)18/h3-7,15H,1,8-14H2,2H3,(H,17,18). The molecule has 0 aromatic carbocycles. The molecule has 0 bridgehead atoms. The first-order chi connectivity index (χ1) is 8.66. The minimum atomic E-state index is -0.680. The molecule has 1 atom stereocenters. The number of carbonyl (C=O) groups is 1. The monoisotopic (exact) mass is 250 g/mol. The van der Waals surface area contributed by atoms with E-state index in [4.69, 9.17) is 5.11 Å². The molecule has 0 saturated carbocycles. The Kier molecular flexibility index (Phi) is 11.3. The Balaban J connectivity index is 3.30. The summed E-state index contributed by atoms with van der Waals surface area (Å²) in [4.78, 5) is 10.5. The van der Waals surface area contributed by atoms with Gasteiger partial charge in [0.05, 0.1) is 0 Å². The lowest BCUT2D eigenvalue weighted by Gasteiger charge is -2.07. The molecule has 1 N–H and O–H groups in total. The lowest BCUT2D eigenvalue weighted by molar-refractivity contribution is -0.138. The molecule has 0 aliphatic rings. The van der Waals surface area contributed by atoms with E-state index >= 15 is 0 Å². The molecular formula is C16H26O2. The maximum Gasteiger partial charge on any atom is 0.303 e. The molecule has 0 rings (SSSR count). The number of hydrogen-bond acceptors (Lipinski definition) is 1. The summed E-state index contributed by atoms with van der Waals surface area (Å²) in [5, 5.41) is 8.63. The zero-order valence-electron chi connectivity index (χ0n) is 11.5. The predicted octanol–water partition coefficient (Wildman–Crippen LogP) is 4.74. The molecule has 0 spiro atoms. The van der Waals surface area contributed by atoms with Crippen LogP contribution in [0.15, 0.2) is 37.0 Å². The van der Waals surface area contributed by atoms with Crippen molar-refractivity contribution in [2.75, 3.05) is 0 Å².